The zero-order chi connectivity index (χ0) is 13.8. The molecular formula is C15H28N4. The standard InChI is InChI=1S/C15H28N4/c1-4-14-13(11-18(3)17-14)15(10-16)19-8-5-6-12(2)7-9-19/h11-12,15H,4-10,16H2,1-3H3. The summed E-state index contributed by atoms with van der Waals surface area (Å²) in [7, 11) is 2.00. The van der Waals surface area contributed by atoms with Crippen molar-refractivity contribution in [3.63, 3.8) is 0 Å². The predicted octanol–water partition coefficient (Wildman–Crippen LogP) is 2.10. The molecule has 1 aromatic rings. The number of hydrogen-bond acceptors (Lipinski definition) is 3. The van der Waals surface area contributed by atoms with Crippen molar-refractivity contribution in [3.05, 3.63) is 17.5 Å². The Kier molecular flexibility index (Phi) is 4.99. The fourth-order valence-electron chi connectivity index (χ4n) is 3.18. The topological polar surface area (TPSA) is 47.1 Å². The van der Waals surface area contributed by atoms with Crippen molar-refractivity contribution in [2.45, 2.75) is 45.6 Å². The summed E-state index contributed by atoms with van der Waals surface area (Å²) >= 11 is 0. The molecule has 2 heterocycles. The number of rotatable bonds is 4. The fourth-order valence-corrected chi connectivity index (χ4v) is 3.18. The van der Waals surface area contributed by atoms with Gasteiger partial charge < -0.3 is 5.73 Å². The molecule has 4 nitrogen and oxygen atoms in total. The molecule has 1 aliphatic rings. The summed E-state index contributed by atoms with van der Waals surface area (Å²) in [6.07, 6.45) is 7.07. The molecule has 0 saturated carbocycles. The van der Waals surface area contributed by atoms with Crippen LogP contribution in [0.5, 0.6) is 0 Å². The number of hydrogen-bond donors (Lipinski definition) is 1. The Balaban J connectivity index is 2.18. The highest BCUT2D eigenvalue weighted by Gasteiger charge is 2.25. The van der Waals surface area contributed by atoms with Gasteiger partial charge >= 0.3 is 0 Å². The average Bonchev–Trinajstić information content (AvgIpc) is 2.63. The van der Waals surface area contributed by atoms with Crippen LogP contribution in [-0.2, 0) is 13.5 Å². The Morgan fingerprint density at radius 2 is 2.21 bits per heavy atom. The molecule has 1 saturated heterocycles. The van der Waals surface area contributed by atoms with E-state index in [0.29, 0.717) is 12.6 Å². The van der Waals surface area contributed by atoms with Crippen molar-refractivity contribution in [2.24, 2.45) is 18.7 Å². The van der Waals surface area contributed by atoms with E-state index in [2.05, 4.69) is 30.0 Å². The van der Waals surface area contributed by atoms with Crippen LogP contribution in [0.25, 0.3) is 0 Å². The molecule has 0 bridgehead atoms. The highest BCUT2D eigenvalue weighted by Crippen LogP contribution is 2.27. The molecule has 2 rings (SSSR count). The summed E-state index contributed by atoms with van der Waals surface area (Å²) in [4.78, 5) is 2.57. The van der Waals surface area contributed by atoms with E-state index in [-0.39, 0.29) is 0 Å². The minimum Gasteiger partial charge on any atom is -0.329 e. The largest absolute Gasteiger partial charge is 0.329 e. The third kappa shape index (κ3) is 3.37. The molecule has 2 unspecified atom stereocenters. The SMILES string of the molecule is CCc1nn(C)cc1C(CN)N1CCCC(C)CC1. The van der Waals surface area contributed by atoms with Crippen molar-refractivity contribution in [2.75, 3.05) is 19.6 Å². The van der Waals surface area contributed by atoms with Crippen LogP contribution in [0.15, 0.2) is 6.20 Å². The summed E-state index contributed by atoms with van der Waals surface area (Å²) < 4.78 is 1.93. The van der Waals surface area contributed by atoms with Gasteiger partial charge in [-0.15, -0.1) is 0 Å². The quantitative estimate of drug-likeness (QED) is 0.906. The Morgan fingerprint density at radius 3 is 2.89 bits per heavy atom. The second-order valence-electron chi connectivity index (χ2n) is 5.88. The first-order valence-corrected chi connectivity index (χ1v) is 7.62. The lowest BCUT2D eigenvalue weighted by molar-refractivity contribution is 0.207. The molecule has 0 spiro atoms. The van der Waals surface area contributed by atoms with Crippen LogP contribution in [0.2, 0.25) is 0 Å². The van der Waals surface area contributed by atoms with Gasteiger partial charge in [0.1, 0.15) is 0 Å². The van der Waals surface area contributed by atoms with Crippen molar-refractivity contribution in [1.82, 2.24) is 14.7 Å². The molecule has 0 radical (unpaired) electrons. The van der Waals surface area contributed by atoms with E-state index in [9.17, 15) is 0 Å². The minimum absolute atomic E-state index is 0.342. The molecule has 1 aromatic heterocycles. The zero-order valence-electron chi connectivity index (χ0n) is 12.6. The van der Waals surface area contributed by atoms with Crippen LogP contribution in [-0.4, -0.2) is 34.3 Å². The van der Waals surface area contributed by atoms with E-state index in [1.54, 1.807) is 0 Å². The van der Waals surface area contributed by atoms with Crippen molar-refractivity contribution in [1.29, 1.82) is 0 Å². The summed E-state index contributed by atoms with van der Waals surface area (Å²) in [6, 6.07) is 0.342. The van der Waals surface area contributed by atoms with Gasteiger partial charge in [0.15, 0.2) is 0 Å². The van der Waals surface area contributed by atoms with Gasteiger partial charge in [0, 0.05) is 25.4 Å². The number of aromatic nitrogens is 2. The third-order valence-electron chi connectivity index (χ3n) is 4.35. The second-order valence-corrected chi connectivity index (χ2v) is 5.88. The smallest absolute Gasteiger partial charge is 0.0670 e. The van der Waals surface area contributed by atoms with E-state index in [4.69, 9.17) is 5.73 Å². The Labute approximate surface area is 117 Å². The van der Waals surface area contributed by atoms with E-state index in [1.165, 1.54) is 43.6 Å². The van der Waals surface area contributed by atoms with Gasteiger partial charge in [-0.05, 0) is 44.7 Å². The number of nitrogens with two attached hydrogens (primary N) is 1. The molecule has 0 aliphatic carbocycles. The Hall–Kier alpha value is -0.870. The van der Waals surface area contributed by atoms with Gasteiger partial charge in [-0.25, -0.2) is 0 Å². The highest BCUT2D eigenvalue weighted by molar-refractivity contribution is 5.22. The number of aryl methyl sites for hydroxylation is 2. The maximum absolute atomic E-state index is 6.08. The van der Waals surface area contributed by atoms with Crippen LogP contribution >= 0.6 is 0 Å². The minimum atomic E-state index is 0.342. The molecule has 19 heavy (non-hydrogen) atoms. The summed E-state index contributed by atoms with van der Waals surface area (Å²) in [5.74, 6) is 0.850. The maximum Gasteiger partial charge on any atom is 0.0670 e. The van der Waals surface area contributed by atoms with Crippen LogP contribution < -0.4 is 5.73 Å². The lowest BCUT2D eigenvalue weighted by Gasteiger charge is -2.29. The molecule has 108 valence electrons. The van der Waals surface area contributed by atoms with Crippen LogP contribution in [0.1, 0.15) is 50.4 Å². The first kappa shape index (κ1) is 14.5. The maximum atomic E-state index is 6.08. The molecule has 1 fully saturated rings. The molecule has 0 amide bonds. The van der Waals surface area contributed by atoms with Gasteiger partial charge in [-0.1, -0.05) is 13.8 Å². The molecule has 1 aliphatic heterocycles. The van der Waals surface area contributed by atoms with Crippen molar-refractivity contribution >= 4 is 0 Å². The van der Waals surface area contributed by atoms with Gasteiger partial charge in [0.25, 0.3) is 0 Å². The molecule has 2 atom stereocenters. The van der Waals surface area contributed by atoms with Gasteiger partial charge in [-0.2, -0.15) is 5.10 Å². The monoisotopic (exact) mass is 264 g/mol. The zero-order valence-corrected chi connectivity index (χ0v) is 12.6. The summed E-state index contributed by atoms with van der Waals surface area (Å²) in [5.41, 5.74) is 8.61. The lowest BCUT2D eigenvalue weighted by atomic mass is 10.0. The third-order valence-corrected chi connectivity index (χ3v) is 4.35. The Bertz CT molecular complexity index is 399. The van der Waals surface area contributed by atoms with E-state index in [0.717, 1.165) is 12.3 Å². The summed E-state index contributed by atoms with van der Waals surface area (Å²) in [6.45, 7) is 7.56. The fraction of sp³-hybridized carbons (Fsp3) is 0.800. The highest BCUT2D eigenvalue weighted by atomic mass is 15.3. The Morgan fingerprint density at radius 1 is 1.42 bits per heavy atom. The molecule has 2 N–H and O–H groups in total. The number of nitrogens with zero attached hydrogens (tertiary/aromatic N) is 3. The lowest BCUT2D eigenvalue weighted by Crippen LogP contribution is -2.35. The van der Waals surface area contributed by atoms with Gasteiger partial charge in [0.2, 0.25) is 0 Å². The van der Waals surface area contributed by atoms with E-state index in [1.807, 2.05) is 11.7 Å². The first-order valence-electron chi connectivity index (χ1n) is 7.62. The van der Waals surface area contributed by atoms with Crippen LogP contribution in [0.4, 0.5) is 0 Å². The second kappa shape index (κ2) is 6.53. The normalized spacial score (nSPS) is 23.3. The number of likely N-dealkylation sites (tertiary alicyclic amines) is 1. The van der Waals surface area contributed by atoms with E-state index < -0.39 is 0 Å². The molecular weight excluding hydrogens is 236 g/mol. The van der Waals surface area contributed by atoms with Gasteiger partial charge in [0.05, 0.1) is 11.7 Å². The summed E-state index contributed by atoms with van der Waals surface area (Å²) in [5, 5.41) is 4.57. The molecule has 4 heteroatoms. The molecule has 0 aromatic carbocycles. The van der Waals surface area contributed by atoms with Gasteiger partial charge in [-0.3, -0.25) is 9.58 Å². The van der Waals surface area contributed by atoms with Crippen molar-refractivity contribution < 1.29 is 0 Å². The predicted molar refractivity (Wildman–Crippen MR) is 79.0 cm³/mol. The average molecular weight is 264 g/mol. The van der Waals surface area contributed by atoms with E-state index >= 15 is 0 Å². The van der Waals surface area contributed by atoms with Crippen LogP contribution in [0, 0.1) is 5.92 Å². The van der Waals surface area contributed by atoms with Crippen LogP contribution in [0.3, 0.4) is 0 Å². The van der Waals surface area contributed by atoms with Crippen molar-refractivity contribution in [3.8, 4) is 0 Å². The first-order chi connectivity index (χ1) is 9.15.